The molecule has 0 aliphatic rings. The van der Waals surface area contributed by atoms with Gasteiger partial charge in [0.05, 0.1) is 10.6 Å². The highest BCUT2D eigenvalue weighted by Gasteiger charge is 2.09. The van der Waals surface area contributed by atoms with E-state index in [-0.39, 0.29) is 11.6 Å². The lowest BCUT2D eigenvalue weighted by molar-refractivity contribution is -0.384. The van der Waals surface area contributed by atoms with Gasteiger partial charge < -0.3 is 0 Å². The van der Waals surface area contributed by atoms with Crippen LogP contribution in [0.15, 0.2) is 41.6 Å². The van der Waals surface area contributed by atoms with E-state index in [9.17, 15) is 14.9 Å². The molecular weight excluding hydrogens is 274 g/mol. The number of hydrogen-bond acceptors (Lipinski definition) is 5. The zero-order valence-electron chi connectivity index (χ0n) is 11.5. The van der Waals surface area contributed by atoms with Crippen LogP contribution in [0.25, 0.3) is 0 Å². The van der Waals surface area contributed by atoms with Crippen LogP contribution >= 0.6 is 0 Å². The molecule has 0 radical (unpaired) electrons. The molecule has 1 aromatic heterocycles. The minimum Gasteiger partial charge on any atom is -0.266 e. The van der Waals surface area contributed by atoms with Crippen molar-refractivity contribution in [1.29, 1.82) is 0 Å². The van der Waals surface area contributed by atoms with Crippen molar-refractivity contribution in [3.8, 4) is 0 Å². The Hall–Kier alpha value is -3.03. The first-order chi connectivity index (χ1) is 9.99. The molecule has 8 heteroatoms. The van der Waals surface area contributed by atoms with Crippen molar-refractivity contribution in [3.05, 3.63) is 57.9 Å². The summed E-state index contributed by atoms with van der Waals surface area (Å²) in [5.41, 5.74) is 4.03. The fourth-order valence-corrected chi connectivity index (χ4v) is 1.68. The summed E-state index contributed by atoms with van der Waals surface area (Å²) in [6, 6.07) is 7.50. The first-order valence-electron chi connectivity index (χ1n) is 6.06. The lowest BCUT2D eigenvalue weighted by Gasteiger charge is -2.03. The Morgan fingerprint density at radius 2 is 2.00 bits per heavy atom. The number of carbonyl (C=O) groups excluding carboxylic acids is 1. The van der Waals surface area contributed by atoms with Crippen LogP contribution in [0.4, 0.5) is 5.69 Å². The number of aromatic nitrogens is 2. The fourth-order valence-electron chi connectivity index (χ4n) is 1.68. The van der Waals surface area contributed by atoms with Gasteiger partial charge in [-0.25, -0.2) is 5.43 Å². The largest absolute Gasteiger partial charge is 0.289 e. The van der Waals surface area contributed by atoms with Crippen molar-refractivity contribution in [2.45, 2.75) is 6.92 Å². The molecule has 0 spiro atoms. The molecule has 0 saturated carbocycles. The maximum absolute atomic E-state index is 11.8. The van der Waals surface area contributed by atoms with Crippen LogP contribution in [0, 0.1) is 10.1 Å². The number of nitro groups is 1. The number of nitrogens with one attached hydrogen (secondary N) is 1. The molecule has 0 saturated heterocycles. The number of aryl methyl sites for hydroxylation is 1. The summed E-state index contributed by atoms with van der Waals surface area (Å²) in [5, 5.41) is 18.4. The van der Waals surface area contributed by atoms with Gasteiger partial charge in [-0.15, -0.1) is 0 Å². The summed E-state index contributed by atoms with van der Waals surface area (Å²) < 4.78 is 1.44. The quantitative estimate of drug-likeness (QED) is 0.522. The molecule has 1 heterocycles. The normalized spacial score (nSPS) is 11.2. The number of benzene rings is 1. The third-order valence-electron chi connectivity index (χ3n) is 2.87. The maximum Gasteiger partial charge on any atom is 0.289 e. The van der Waals surface area contributed by atoms with Crippen molar-refractivity contribution in [3.63, 3.8) is 0 Å². The molecule has 0 aliphatic heterocycles. The van der Waals surface area contributed by atoms with E-state index in [4.69, 9.17) is 0 Å². The van der Waals surface area contributed by atoms with Gasteiger partial charge >= 0.3 is 0 Å². The Morgan fingerprint density at radius 1 is 1.33 bits per heavy atom. The van der Waals surface area contributed by atoms with Crippen molar-refractivity contribution in [2.75, 3.05) is 0 Å². The van der Waals surface area contributed by atoms with Gasteiger partial charge in [0.25, 0.3) is 11.6 Å². The molecule has 108 valence electrons. The Bertz CT molecular complexity index is 703. The number of non-ortho nitro benzene ring substituents is 1. The van der Waals surface area contributed by atoms with Crippen LogP contribution in [-0.2, 0) is 7.05 Å². The van der Waals surface area contributed by atoms with Crippen LogP contribution in [-0.4, -0.2) is 26.3 Å². The van der Waals surface area contributed by atoms with Gasteiger partial charge in [0, 0.05) is 25.4 Å². The summed E-state index contributed by atoms with van der Waals surface area (Å²) in [6.07, 6.45) is 1.52. The van der Waals surface area contributed by atoms with E-state index in [1.165, 1.54) is 23.0 Å². The van der Waals surface area contributed by atoms with Gasteiger partial charge in [0.2, 0.25) is 0 Å². The summed E-state index contributed by atoms with van der Waals surface area (Å²) >= 11 is 0. The SMILES string of the molecule is C/C(=N\NC(=O)c1ccnn1C)c1ccc([N+](=O)[O-])cc1. The van der Waals surface area contributed by atoms with E-state index < -0.39 is 4.92 Å². The van der Waals surface area contributed by atoms with E-state index >= 15 is 0 Å². The van der Waals surface area contributed by atoms with Crippen molar-refractivity contribution >= 4 is 17.3 Å². The molecule has 1 amide bonds. The predicted octanol–water partition coefficient (Wildman–Crippen LogP) is 1.48. The highest BCUT2D eigenvalue weighted by atomic mass is 16.6. The molecule has 21 heavy (non-hydrogen) atoms. The molecule has 2 rings (SSSR count). The van der Waals surface area contributed by atoms with Crippen LogP contribution in [0.3, 0.4) is 0 Å². The first kappa shape index (κ1) is 14.4. The smallest absolute Gasteiger partial charge is 0.266 e. The zero-order valence-corrected chi connectivity index (χ0v) is 11.5. The van der Waals surface area contributed by atoms with E-state index in [0.29, 0.717) is 17.0 Å². The topological polar surface area (TPSA) is 102 Å². The number of nitrogens with zero attached hydrogens (tertiary/aromatic N) is 4. The highest BCUT2D eigenvalue weighted by molar-refractivity contribution is 6.00. The van der Waals surface area contributed by atoms with E-state index in [0.717, 1.165) is 0 Å². The van der Waals surface area contributed by atoms with Crippen LogP contribution < -0.4 is 5.43 Å². The molecule has 2 aromatic rings. The predicted molar refractivity (Wildman–Crippen MR) is 76.0 cm³/mol. The second-order valence-corrected chi connectivity index (χ2v) is 4.28. The number of hydrogen-bond donors (Lipinski definition) is 1. The second kappa shape index (κ2) is 5.95. The molecule has 0 unspecified atom stereocenters. The minimum atomic E-state index is -0.472. The number of amides is 1. The minimum absolute atomic E-state index is 0.00507. The van der Waals surface area contributed by atoms with Crippen molar-refractivity contribution in [2.24, 2.45) is 12.1 Å². The molecule has 1 N–H and O–H groups in total. The Kier molecular flexibility index (Phi) is 4.07. The van der Waals surface area contributed by atoms with Crippen LogP contribution in [0.5, 0.6) is 0 Å². The van der Waals surface area contributed by atoms with Gasteiger partial charge in [0.1, 0.15) is 5.69 Å². The second-order valence-electron chi connectivity index (χ2n) is 4.28. The molecule has 0 bridgehead atoms. The first-order valence-corrected chi connectivity index (χ1v) is 6.06. The van der Waals surface area contributed by atoms with Gasteiger partial charge in [-0.1, -0.05) is 0 Å². The Balaban J connectivity index is 2.09. The third kappa shape index (κ3) is 3.30. The van der Waals surface area contributed by atoms with E-state index in [1.54, 1.807) is 32.2 Å². The highest BCUT2D eigenvalue weighted by Crippen LogP contribution is 2.12. The van der Waals surface area contributed by atoms with Gasteiger partial charge in [-0.05, 0) is 30.7 Å². The van der Waals surface area contributed by atoms with Gasteiger partial charge in [0.15, 0.2) is 0 Å². The molecule has 0 atom stereocenters. The van der Waals surface area contributed by atoms with Gasteiger partial charge in [-0.3, -0.25) is 19.6 Å². The van der Waals surface area contributed by atoms with E-state index in [2.05, 4.69) is 15.6 Å². The molecule has 8 nitrogen and oxygen atoms in total. The summed E-state index contributed by atoms with van der Waals surface area (Å²) in [4.78, 5) is 21.9. The van der Waals surface area contributed by atoms with Crippen molar-refractivity contribution in [1.82, 2.24) is 15.2 Å². The number of hydrazone groups is 1. The average Bonchev–Trinajstić information content (AvgIpc) is 2.90. The molecular formula is C13H13N5O3. The van der Waals surface area contributed by atoms with Crippen LogP contribution in [0.2, 0.25) is 0 Å². The zero-order chi connectivity index (χ0) is 15.4. The number of nitro benzene ring substituents is 1. The molecule has 0 aliphatic carbocycles. The Labute approximate surface area is 120 Å². The summed E-state index contributed by atoms with van der Waals surface area (Å²) in [7, 11) is 1.65. The maximum atomic E-state index is 11.8. The lowest BCUT2D eigenvalue weighted by Crippen LogP contribution is -2.22. The van der Waals surface area contributed by atoms with Crippen LogP contribution in [0.1, 0.15) is 23.0 Å². The third-order valence-corrected chi connectivity index (χ3v) is 2.87. The summed E-state index contributed by atoms with van der Waals surface area (Å²) in [5.74, 6) is -0.378. The lowest BCUT2D eigenvalue weighted by atomic mass is 10.1. The van der Waals surface area contributed by atoms with Crippen molar-refractivity contribution < 1.29 is 9.72 Å². The number of rotatable bonds is 4. The van der Waals surface area contributed by atoms with Gasteiger partial charge in [-0.2, -0.15) is 10.2 Å². The number of carbonyl (C=O) groups is 1. The monoisotopic (exact) mass is 287 g/mol. The average molecular weight is 287 g/mol. The molecule has 0 fully saturated rings. The standard InChI is InChI=1S/C13H13N5O3/c1-9(10-3-5-11(6-4-10)18(20)21)15-16-13(19)12-7-8-14-17(12)2/h3-8H,1-2H3,(H,16,19)/b15-9+. The fraction of sp³-hybridized carbons (Fsp3) is 0.154. The van der Waals surface area contributed by atoms with E-state index in [1.807, 2.05) is 0 Å². The summed E-state index contributed by atoms with van der Waals surface area (Å²) in [6.45, 7) is 1.70. The molecule has 1 aromatic carbocycles. The Morgan fingerprint density at radius 3 is 2.52 bits per heavy atom.